The molecule has 1 unspecified atom stereocenters. The summed E-state index contributed by atoms with van der Waals surface area (Å²) in [4.78, 5) is 11.0. The summed E-state index contributed by atoms with van der Waals surface area (Å²) in [5.74, 6) is -2.59. The molecule has 88 valence electrons. The first-order valence-electron chi connectivity index (χ1n) is 4.85. The topological polar surface area (TPSA) is 49.3 Å². The van der Waals surface area contributed by atoms with E-state index in [1.165, 1.54) is 13.0 Å². The highest BCUT2D eigenvalue weighted by atomic mass is 19.1. The fraction of sp³-hybridized carbons (Fsp3) is 0.364. The number of carboxylic acid groups (broad SMARTS) is 1. The minimum atomic E-state index is -1.27. The largest absolute Gasteiger partial charge is 0.480 e. The highest BCUT2D eigenvalue weighted by molar-refractivity contribution is 5.82. The normalized spacial score (nSPS) is 14.2. The molecule has 3 nitrogen and oxygen atoms in total. The van der Waals surface area contributed by atoms with Crippen molar-refractivity contribution in [2.45, 2.75) is 25.8 Å². The Morgan fingerprint density at radius 2 is 2.12 bits per heavy atom. The predicted octanol–water partition coefficient (Wildman–Crippen LogP) is 2.63. The second kappa shape index (κ2) is 4.47. The van der Waals surface area contributed by atoms with Gasteiger partial charge < -0.3 is 10.4 Å². The van der Waals surface area contributed by atoms with Crippen molar-refractivity contribution in [1.82, 2.24) is 0 Å². The average molecular weight is 229 g/mol. The maximum Gasteiger partial charge on any atom is 0.329 e. The summed E-state index contributed by atoms with van der Waals surface area (Å²) in [7, 11) is 0. The van der Waals surface area contributed by atoms with E-state index < -0.39 is 23.1 Å². The molecule has 5 heteroatoms. The minimum Gasteiger partial charge on any atom is -0.480 e. The molecule has 0 amide bonds. The lowest BCUT2D eigenvalue weighted by atomic mass is 9.99. The van der Waals surface area contributed by atoms with Crippen LogP contribution in [0.4, 0.5) is 14.5 Å². The molecule has 0 aromatic heterocycles. The average Bonchev–Trinajstić information content (AvgIpc) is 2.22. The van der Waals surface area contributed by atoms with Crippen molar-refractivity contribution >= 4 is 11.7 Å². The number of nitrogens with one attached hydrogen (secondary N) is 1. The SMILES string of the molecule is CCC(C)(Nc1ccc(F)cc1F)C(=O)O. The third kappa shape index (κ3) is 2.48. The molecule has 0 fully saturated rings. The van der Waals surface area contributed by atoms with Crippen molar-refractivity contribution in [3.05, 3.63) is 29.8 Å². The zero-order valence-electron chi connectivity index (χ0n) is 9.05. The molecule has 1 aromatic carbocycles. The van der Waals surface area contributed by atoms with E-state index in [4.69, 9.17) is 5.11 Å². The lowest BCUT2D eigenvalue weighted by molar-refractivity contribution is -0.141. The molecule has 16 heavy (non-hydrogen) atoms. The molecule has 2 N–H and O–H groups in total. The lowest BCUT2D eigenvalue weighted by Crippen LogP contribution is -2.42. The number of hydrogen-bond acceptors (Lipinski definition) is 2. The van der Waals surface area contributed by atoms with Crippen molar-refractivity contribution < 1.29 is 18.7 Å². The molecule has 0 saturated heterocycles. The van der Waals surface area contributed by atoms with E-state index in [0.29, 0.717) is 6.07 Å². The van der Waals surface area contributed by atoms with Gasteiger partial charge in [-0.25, -0.2) is 13.6 Å². The molecule has 0 aliphatic heterocycles. The summed E-state index contributed by atoms with van der Waals surface area (Å²) in [6.07, 6.45) is 0.277. The molecule has 1 atom stereocenters. The molecule has 0 bridgehead atoms. The number of hydrogen-bond donors (Lipinski definition) is 2. The van der Waals surface area contributed by atoms with Crippen LogP contribution in [0.5, 0.6) is 0 Å². The fourth-order valence-electron chi connectivity index (χ4n) is 1.18. The number of rotatable bonds is 4. The summed E-state index contributed by atoms with van der Waals surface area (Å²) >= 11 is 0. The smallest absolute Gasteiger partial charge is 0.329 e. The van der Waals surface area contributed by atoms with Crippen LogP contribution in [0.25, 0.3) is 0 Å². The summed E-state index contributed by atoms with van der Waals surface area (Å²) in [6, 6.07) is 2.96. The summed E-state index contributed by atoms with van der Waals surface area (Å²) in [5, 5.41) is 11.5. The Hall–Kier alpha value is -1.65. The van der Waals surface area contributed by atoms with Crippen LogP contribution in [0, 0.1) is 11.6 Å². The van der Waals surface area contributed by atoms with Crippen molar-refractivity contribution in [1.29, 1.82) is 0 Å². The van der Waals surface area contributed by atoms with E-state index in [2.05, 4.69) is 5.32 Å². The van der Waals surface area contributed by atoms with E-state index in [-0.39, 0.29) is 12.1 Å². The van der Waals surface area contributed by atoms with Crippen LogP contribution in [-0.2, 0) is 4.79 Å². The van der Waals surface area contributed by atoms with Gasteiger partial charge in [-0.05, 0) is 25.5 Å². The Kier molecular flexibility index (Phi) is 3.47. The van der Waals surface area contributed by atoms with Gasteiger partial charge in [0.1, 0.15) is 17.2 Å². The zero-order valence-corrected chi connectivity index (χ0v) is 9.05. The van der Waals surface area contributed by atoms with Gasteiger partial charge in [0.15, 0.2) is 0 Å². The first-order chi connectivity index (χ1) is 7.39. The highest BCUT2D eigenvalue weighted by Crippen LogP contribution is 2.22. The molecule has 0 aliphatic carbocycles. The fourth-order valence-corrected chi connectivity index (χ4v) is 1.18. The first-order valence-corrected chi connectivity index (χ1v) is 4.85. The third-order valence-corrected chi connectivity index (χ3v) is 2.52. The van der Waals surface area contributed by atoms with Crippen molar-refractivity contribution in [2.75, 3.05) is 5.32 Å². The second-order valence-electron chi connectivity index (χ2n) is 3.74. The molecule has 0 aliphatic rings. The number of anilines is 1. The molecular weight excluding hydrogens is 216 g/mol. The summed E-state index contributed by atoms with van der Waals surface area (Å²) in [6.45, 7) is 3.11. The zero-order chi connectivity index (χ0) is 12.3. The molecule has 0 saturated carbocycles. The van der Waals surface area contributed by atoms with Gasteiger partial charge in [0.05, 0.1) is 5.69 Å². The van der Waals surface area contributed by atoms with Gasteiger partial charge in [-0.2, -0.15) is 0 Å². The minimum absolute atomic E-state index is 0.0202. The monoisotopic (exact) mass is 229 g/mol. The van der Waals surface area contributed by atoms with Gasteiger partial charge in [0, 0.05) is 6.07 Å². The standard InChI is InChI=1S/C11H13F2NO2/c1-3-11(2,10(15)16)14-9-5-4-7(12)6-8(9)13/h4-6,14H,3H2,1-2H3,(H,15,16). The molecule has 0 heterocycles. The quantitative estimate of drug-likeness (QED) is 0.834. The number of benzene rings is 1. The van der Waals surface area contributed by atoms with E-state index in [0.717, 1.165) is 6.07 Å². The Bertz CT molecular complexity index is 409. The summed E-state index contributed by atoms with van der Waals surface area (Å²) in [5.41, 5.74) is -1.29. The van der Waals surface area contributed by atoms with E-state index in [9.17, 15) is 13.6 Å². The Balaban J connectivity index is 2.99. The predicted molar refractivity (Wildman–Crippen MR) is 56.3 cm³/mol. The van der Waals surface area contributed by atoms with E-state index >= 15 is 0 Å². The lowest BCUT2D eigenvalue weighted by Gasteiger charge is -2.26. The van der Waals surface area contributed by atoms with Gasteiger partial charge in [-0.3, -0.25) is 0 Å². The number of aliphatic carboxylic acids is 1. The van der Waals surface area contributed by atoms with Crippen LogP contribution in [0.15, 0.2) is 18.2 Å². The number of halogens is 2. The maximum absolute atomic E-state index is 13.3. The van der Waals surface area contributed by atoms with Gasteiger partial charge in [-0.1, -0.05) is 6.92 Å². The van der Waals surface area contributed by atoms with Crippen LogP contribution in [0.3, 0.4) is 0 Å². The van der Waals surface area contributed by atoms with Crippen molar-refractivity contribution in [3.8, 4) is 0 Å². The molecular formula is C11H13F2NO2. The third-order valence-electron chi connectivity index (χ3n) is 2.52. The van der Waals surface area contributed by atoms with E-state index in [1.807, 2.05) is 0 Å². The van der Waals surface area contributed by atoms with Gasteiger partial charge >= 0.3 is 5.97 Å². The van der Waals surface area contributed by atoms with Crippen LogP contribution < -0.4 is 5.32 Å². The van der Waals surface area contributed by atoms with E-state index in [1.54, 1.807) is 6.92 Å². The maximum atomic E-state index is 13.3. The van der Waals surface area contributed by atoms with Gasteiger partial charge in [0.2, 0.25) is 0 Å². The van der Waals surface area contributed by atoms with Gasteiger partial charge in [-0.15, -0.1) is 0 Å². The van der Waals surface area contributed by atoms with Crippen molar-refractivity contribution in [2.24, 2.45) is 0 Å². The molecule has 0 radical (unpaired) electrons. The van der Waals surface area contributed by atoms with Crippen molar-refractivity contribution in [3.63, 3.8) is 0 Å². The summed E-state index contributed by atoms with van der Waals surface area (Å²) < 4.78 is 25.9. The number of carbonyl (C=O) groups is 1. The highest BCUT2D eigenvalue weighted by Gasteiger charge is 2.31. The molecule has 1 rings (SSSR count). The van der Waals surface area contributed by atoms with Crippen LogP contribution in [0.2, 0.25) is 0 Å². The molecule has 0 spiro atoms. The Morgan fingerprint density at radius 1 is 1.50 bits per heavy atom. The van der Waals surface area contributed by atoms with Crippen LogP contribution in [-0.4, -0.2) is 16.6 Å². The van der Waals surface area contributed by atoms with Gasteiger partial charge in [0.25, 0.3) is 0 Å². The molecule has 1 aromatic rings. The van der Waals surface area contributed by atoms with Crippen LogP contribution in [0.1, 0.15) is 20.3 Å². The first kappa shape index (κ1) is 12.4. The second-order valence-corrected chi connectivity index (χ2v) is 3.74. The number of carboxylic acids is 1. The van der Waals surface area contributed by atoms with Crippen LogP contribution >= 0.6 is 0 Å². The Morgan fingerprint density at radius 3 is 2.56 bits per heavy atom. The Labute approximate surface area is 92.1 Å².